The molecule has 0 N–H and O–H groups in total. The van der Waals surface area contributed by atoms with Crippen LogP contribution in [0.15, 0.2) is 78.4 Å². The summed E-state index contributed by atoms with van der Waals surface area (Å²) in [4.78, 5) is 0. The summed E-state index contributed by atoms with van der Waals surface area (Å²) in [6.07, 6.45) is 10.6. The van der Waals surface area contributed by atoms with E-state index in [1.165, 1.54) is 75.9 Å². The Bertz CT molecular complexity index is 1250. The summed E-state index contributed by atoms with van der Waals surface area (Å²) >= 11 is 0. The fourth-order valence-corrected chi connectivity index (χ4v) is 5.66. The van der Waals surface area contributed by atoms with E-state index in [1.807, 2.05) is 0 Å². The van der Waals surface area contributed by atoms with E-state index in [4.69, 9.17) is 0 Å². The van der Waals surface area contributed by atoms with Crippen molar-refractivity contribution in [1.29, 1.82) is 0 Å². The normalized spacial score (nSPS) is 16.9. The maximum Gasteiger partial charge on any atom is -0.00489 e. The molecule has 0 radical (unpaired) electrons. The van der Waals surface area contributed by atoms with Gasteiger partial charge in [0.15, 0.2) is 0 Å². The topological polar surface area (TPSA) is 0 Å². The Labute approximate surface area is 172 Å². The van der Waals surface area contributed by atoms with E-state index in [9.17, 15) is 0 Å². The van der Waals surface area contributed by atoms with Gasteiger partial charge in [0.1, 0.15) is 0 Å². The van der Waals surface area contributed by atoms with Crippen molar-refractivity contribution in [2.24, 2.45) is 5.92 Å². The van der Waals surface area contributed by atoms with Gasteiger partial charge in [-0.1, -0.05) is 104 Å². The van der Waals surface area contributed by atoms with Gasteiger partial charge in [0, 0.05) is 0 Å². The molecule has 4 aromatic carbocycles. The summed E-state index contributed by atoms with van der Waals surface area (Å²) < 4.78 is 0. The predicted octanol–water partition coefficient (Wildman–Crippen LogP) is 8.18. The van der Waals surface area contributed by atoms with Crippen LogP contribution in [0.25, 0.3) is 38.7 Å². The van der Waals surface area contributed by atoms with Gasteiger partial charge in [-0.15, -0.1) is 0 Å². The van der Waals surface area contributed by atoms with Gasteiger partial charge in [0.05, 0.1) is 0 Å². The average Bonchev–Trinajstić information content (AvgIpc) is 3.24. The molecule has 0 amide bonds. The molecule has 4 aromatic rings. The molecule has 0 unspecified atom stereocenters. The molecule has 0 bridgehead atoms. The molecule has 0 atom stereocenters. The summed E-state index contributed by atoms with van der Waals surface area (Å²) in [5.41, 5.74) is 7.46. The van der Waals surface area contributed by atoms with E-state index in [0.717, 1.165) is 12.3 Å². The summed E-state index contributed by atoms with van der Waals surface area (Å²) in [7, 11) is 0. The lowest BCUT2D eigenvalue weighted by Crippen LogP contribution is -2.09. The van der Waals surface area contributed by atoms with Gasteiger partial charge >= 0.3 is 0 Å². The van der Waals surface area contributed by atoms with Crippen molar-refractivity contribution < 1.29 is 0 Å². The van der Waals surface area contributed by atoms with E-state index >= 15 is 0 Å². The summed E-state index contributed by atoms with van der Waals surface area (Å²) in [5.74, 6) is 0.806. The Kier molecular flexibility index (Phi) is 4.04. The number of benzene rings is 4. The first-order valence-electron chi connectivity index (χ1n) is 11.1. The van der Waals surface area contributed by atoms with Crippen molar-refractivity contribution in [3.05, 3.63) is 89.5 Å². The van der Waals surface area contributed by atoms with Crippen molar-refractivity contribution in [2.45, 2.75) is 38.5 Å². The Balaban J connectivity index is 1.48. The Hall–Kier alpha value is -2.86. The monoisotopic (exact) mass is 374 g/mol. The molecule has 0 aromatic heterocycles. The number of hydrogen-bond donors (Lipinski definition) is 0. The Morgan fingerprint density at radius 3 is 2.31 bits per heavy atom. The second kappa shape index (κ2) is 6.88. The fourth-order valence-electron chi connectivity index (χ4n) is 5.66. The fraction of sp³-hybridized carbons (Fsp3) is 0.241. The van der Waals surface area contributed by atoms with E-state index in [-0.39, 0.29) is 0 Å². The first kappa shape index (κ1) is 17.0. The third-order valence-electron chi connectivity index (χ3n) is 7.14. The van der Waals surface area contributed by atoms with Crippen LogP contribution in [0.3, 0.4) is 0 Å². The molecule has 0 aliphatic heterocycles. The molecule has 0 nitrogen and oxygen atoms in total. The van der Waals surface area contributed by atoms with Crippen LogP contribution < -0.4 is 0 Å². The lowest BCUT2D eigenvalue weighted by Gasteiger charge is -2.23. The third kappa shape index (κ3) is 2.82. The summed E-state index contributed by atoms with van der Waals surface area (Å²) in [6, 6.07) is 27.0. The molecule has 1 fully saturated rings. The minimum absolute atomic E-state index is 0.806. The average molecular weight is 375 g/mol. The highest BCUT2D eigenvalue weighted by molar-refractivity contribution is 6.12. The standard InChI is InChI=1S/C29H26/c1-2-8-20(9-3-1)23-18-22-11-6-13-27(29(22)19-23)26-15-7-14-25-24-12-5-4-10-21(24)16-17-28(25)26/h4-7,10-18,20H,1-3,8-9,19H2. The molecule has 0 saturated heterocycles. The maximum atomic E-state index is 2.51. The first-order chi connectivity index (χ1) is 14.4. The minimum atomic E-state index is 0.806. The van der Waals surface area contributed by atoms with Gasteiger partial charge in [-0.05, 0) is 69.0 Å². The number of allylic oxidation sites excluding steroid dienone is 1. The molecule has 0 spiro atoms. The third-order valence-corrected chi connectivity index (χ3v) is 7.14. The van der Waals surface area contributed by atoms with Crippen molar-refractivity contribution in [1.82, 2.24) is 0 Å². The van der Waals surface area contributed by atoms with Gasteiger partial charge in [-0.25, -0.2) is 0 Å². The summed E-state index contributed by atoms with van der Waals surface area (Å²) in [6.45, 7) is 0. The van der Waals surface area contributed by atoms with Crippen molar-refractivity contribution in [3.63, 3.8) is 0 Å². The highest BCUT2D eigenvalue weighted by Gasteiger charge is 2.24. The van der Waals surface area contributed by atoms with E-state index < -0.39 is 0 Å². The van der Waals surface area contributed by atoms with E-state index in [2.05, 4.69) is 78.9 Å². The molecular formula is C29H26. The zero-order valence-electron chi connectivity index (χ0n) is 16.8. The van der Waals surface area contributed by atoms with Crippen LogP contribution in [0, 0.1) is 5.92 Å². The van der Waals surface area contributed by atoms with Gasteiger partial charge in [0.25, 0.3) is 0 Å². The summed E-state index contributed by atoms with van der Waals surface area (Å²) in [5, 5.41) is 5.39. The second-order valence-corrected chi connectivity index (χ2v) is 8.79. The SMILES string of the molecule is C1=C(C2CCCCC2)Cc2c1cccc2-c1cccc2c1ccc1ccccc12. The predicted molar refractivity (Wildman–Crippen MR) is 125 cm³/mol. The molecule has 142 valence electrons. The van der Waals surface area contributed by atoms with Crippen molar-refractivity contribution in [3.8, 4) is 11.1 Å². The number of hydrogen-bond acceptors (Lipinski definition) is 0. The quantitative estimate of drug-likeness (QED) is 0.310. The lowest BCUT2D eigenvalue weighted by molar-refractivity contribution is 0.401. The van der Waals surface area contributed by atoms with Crippen LogP contribution >= 0.6 is 0 Å². The van der Waals surface area contributed by atoms with Gasteiger partial charge < -0.3 is 0 Å². The van der Waals surface area contributed by atoms with Gasteiger partial charge in [-0.3, -0.25) is 0 Å². The Morgan fingerprint density at radius 2 is 1.38 bits per heavy atom. The van der Waals surface area contributed by atoms with Crippen LogP contribution in [0.1, 0.15) is 43.2 Å². The zero-order valence-corrected chi connectivity index (χ0v) is 16.8. The van der Waals surface area contributed by atoms with E-state index in [1.54, 1.807) is 5.57 Å². The molecule has 29 heavy (non-hydrogen) atoms. The molecular weight excluding hydrogens is 348 g/mol. The van der Waals surface area contributed by atoms with Crippen LogP contribution in [0.4, 0.5) is 0 Å². The van der Waals surface area contributed by atoms with E-state index in [0.29, 0.717) is 0 Å². The molecule has 0 heterocycles. The second-order valence-electron chi connectivity index (χ2n) is 8.79. The zero-order chi connectivity index (χ0) is 19.2. The maximum absolute atomic E-state index is 2.51. The van der Waals surface area contributed by atoms with Crippen molar-refractivity contribution in [2.75, 3.05) is 0 Å². The largest absolute Gasteiger partial charge is 0.0621 e. The number of rotatable bonds is 2. The highest BCUT2D eigenvalue weighted by atomic mass is 14.3. The molecule has 6 rings (SSSR count). The first-order valence-corrected chi connectivity index (χ1v) is 11.1. The van der Waals surface area contributed by atoms with Crippen LogP contribution in [0.2, 0.25) is 0 Å². The molecule has 1 saturated carbocycles. The van der Waals surface area contributed by atoms with Crippen LogP contribution in [-0.4, -0.2) is 0 Å². The van der Waals surface area contributed by atoms with Gasteiger partial charge in [-0.2, -0.15) is 0 Å². The highest BCUT2D eigenvalue weighted by Crippen LogP contribution is 2.42. The Morgan fingerprint density at radius 1 is 0.586 bits per heavy atom. The molecule has 0 heteroatoms. The van der Waals surface area contributed by atoms with Crippen molar-refractivity contribution >= 4 is 27.6 Å². The minimum Gasteiger partial charge on any atom is -0.0621 e. The molecule has 2 aliphatic rings. The number of fused-ring (bicyclic) bond motifs is 4. The lowest BCUT2D eigenvalue weighted by atomic mass is 9.82. The van der Waals surface area contributed by atoms with Crippen LogP contribution in [0.5, 0.6) is 0 Å². The van der Waals surface area contributed by atoms with Gasteiger partial charge in [0.2, 0.25) is 0 Å². The smallest absolute Gasteiger partial charge is 0.00489 e. The molecule has 2 aliphatic carbocycles. The van der Waals surface area contributed by atoms with Crippen LogP contribution in [-0.2, 0) is 6.42 Å².